The number of unbranched alkanes of at least 4 members (excludes halogenated alkanes) is 5. The van der Waals surface area contributed by atoms with Gasteiger partial charge in [-0.3, -0.25) is 4.79 Å². The van der Waals surface area contributed by atoms with Crippen LogP contribution in [-0.4, -0.2) is 53.6 Å². The highest BCUT2D eigenvalue weighted by Crippen LogP contribution is 2.35. The maximum Gasteiger partial charge on any atom is 0.182 e. The number of nitrogens with zero attached hydrogens (tertiary/aromatic N) is 1. The molecule has 136 valence electrons. The highest BCUT2D eigenvalue weighted by molar-refractivity contribution is 5.91. The fourth-order valence-corrected chi connectivity index (χ4v) is 2.69. The van der Waals surface area contributed by atoms with E-state index in [0.29, 0.717) is 6.42 Å². The molecule has 0 spiro atoms. The molecule has 0 saturated heterocycles. The van der Waals surface area contributed by atoms with Crippen molar-refractivity contribution in [2.75, 3.05) is 21.1 Å². The second-order valence-corrected chi connectivity index (χ2v) is 7.92. The lowest BCUT2D eigenvalue weighted by molar-refractivity contribution is -0.926. The lowest BCUT2D eigenvalue weighted by Crippen LogP contribution is -2.70. The van der Waals surface area contributed by atoms with Gasteiger partial charge in [-0.1, -0.05) is 39.0 Å². The predicted octanol–water partition coefficient (Wildman–Crippen LogP) is 1.66. The monoisotopic (exact) mass is 329 g/mol. The van der Waals surface area contributed by atoms with Crippen molar-refractivity contribution in [2.45, 2.75) is 83.3 Å². The van der Waals surface area contributed by atoms with Gasteiger partial charge in [-0.05, 0) is 20.3 Å². The van der Waals surface area contributed by atoms with E-state index in [4.69, 9.17) is 0 Å². The number of ketones is 1. The molecule has 0 aromatic carbocycles. The summed E-state index contributed by atoms with van der Waals surface area (Å²) >= 11 is 0. The third kappa shape index (κ3) is 5.88. The number of Topliss-reactive ketones (excluding diaryl/α,β-unsaturated/α-hetero) is 1. The number of carbonyl (C=O) groups excluding carboxylic acids is 2. The summed E-state index contributed by atoms with van der Waals surface area (Å²) in [7, 11) is 5.54. The largest absolute Gasteiger partial charge is 0.550 e. The van der Waals surface area contributed by atoms with Crippen molar-refractivity contribution >= 4 is 11.8 Å². The highest BCUT2D eigenvalue weighted by Gasteiger charge is 2.56. The summed E-state index contributed by atoms with van der Waals surface area (Å²) in [5.74, 6) is -1.79. The van der Waals surface area contributed by atoms with Gasteiger partial charge in [-0.25, -0.2) is 0 Å². The van der Waals surface area contributed by atoms with Crippen LogP contribution < -0.4 is 5.11 Å². The van der Waals surface area contributed by atoms with Crippen molar-refractivity contribution in [2.24, 2.45) is 0 Å². The number of aliphatic carboxylic acids is 1. The third-order valence-corrected chi connectivity index (χ3v) is 5.31. The molecule has 0 bridgehead atoms. The molecule has 23 heavy (non-hydrogen) atoms. The van der Waals surface area contributed by atoms with Crippen molar-refractivity contribution in [3.8, 4) is 0 Å². The Morgan fingerprint density at radius 3 is 1.91 bits per heavy atom. The van der Waals surface area contributed by atoms with Crippen molar-refractivity contribution in [3.63, 3.8) is 0 Å². The molecule has 0 aromatic rings. The SMILES string of the molecule is CCCCCCCCC(=O)C(O)(CC(=O)[O-])C(C)(C)[N+](C)(C)C. The lowest BCUT2D eigenvalue weighted by atomic mass is 9.73. The van der Waals surface area contributed by atoms with E-state index in [9.17, 15) is 19.8 Å². The van der Waals surface area contributed by atoms with Gasteiger partial charge in [0, 0.05) is 18.8 Å². The third-order valence-electron chi connectivity index (χ3n) is 5.31. The molecule has 5 heteroatoms. The maximum atomic E-state index is 12.6. The zero-order valence-electron chi connectivity index (χ0n) is 15.8. The van der Waals surface area contributed by atoms with Crippen LogP contribution in [0.25, 0.3) is 0 Å². The van der Waals surface area contributed by atoms with Gasteiger partial charge in [-0.15, -0.1) is 0 Å². The molecule has 0 amide bonds. The fourth-order valence-electron chi connectivity index (χ4n) is 2.69. The van der Waals surface area contributed by atoms with Crippen LogP contribution >= 0.6 is 0 Å². The molecule has 5 nitrogen and oxygen atoms in total. The number of aliphatic hydroxyl groups is 1. The molecule has 0 aliphatic heterocycles. The Morgan fingerprint density at radius 2 is 1.48 bits per heavy atom. The van der Waals surface area contributed by atoms with E-state index >= 15 is 0 Å². The van der Waals surface area contributed by atoms with Crippen molar-refractivity contribution in [3.05, 3.63) is 0 Å². The van der Waals surface area contributed by atoms with E-state index in [1.165, 1.54) is 12.8 Å². The Balaban J connectivity index is 4.96. The van der Waals surface area contributed by atoms with Gasteiger partial charge < -0.3 is 19.5 Å². The normalized spacial score (nSPS) is 15.3. The Labute approximate surface area is 141 Å². The molecule has 0 aliphatic carbocycles. The van der Waals surface area contributed by atoms with E-state index < -0.39 is 29.3 Å². The number of carboxylic acid groups (broad SMARTS) is 1. The minimum absolute atomic E-state index is 0.208. The summed E-state index contributed by atoms with van der Waals surface area (Å²) in [6.45, 7) is 5.61. The summed E-state index contributed by atoms with van der Waals surface area (Å²) in [6, 6.07) is 0. The van der Waals surface area contributed by atoms with Crippen LogP contribution in [0.2, 0.25) is 0 Å². The lowest BCUT2D eigenvalue weighted by Gasteiger charge is -2.50. The minimum atomic E-state index is -1.92. The highest BCUT2D eigenvalue weighted by atomic mass is 16.4. The van der Waals surface area contributed by atoms with Gasteiger partial charge in [0.05, 0.1) is 21.1 Å². The van der Waals surface area contributed by atoms with Gasteiger partial charge in [0.2, 0.25) is 0 Å². The van der Waals surface area contributed by atoms with E-state index in [2.05, 4.69) is 6.92 Å². The summed E-state index contributed by atoms with van der Waals surface area (Å²) in [5, 5.41) is 22.1. The van der Waals surface area contributed by atoms with Gasteiger partial charge in [0.25, 0.3) is 0 Å². The molecule has 0 radical (unpaired) electrons. The summed E-state index contributed by atoms with van der Waals surface area (Å²) in [4.78, 5) is 23.7. The summed E-state index contributed by atoms with van der Waals surface area (Å²) in [6.07, 6.45) is 5.74. The van der Waals surface area contributed by atoms with E-state index in [1.807, 2.05) is 21.1 Å². The Morgan fingerprint density at radius 1 is 1.00 bits per heavy atom. The number of rotatable bonds is 12. The number of carboxylic acids is 1. The average molecular weight is 329 g/mol. The van der Waals surface area contributed by atoms with Crippen molar-refractivity contribution in [1.29, 1.82) is 0 Å². The standard InChI is InChI=1S/C18H35NO4/c1-7-8-9-10-11-12-13-15(20)18(23,14-16(21)22)17(2,3)19(4,5)6/h23H,7-14H2,1-6H3. The van der Waals surface area contributed by atoms with Gasteiger partial charge in [0.1, 0.15) is 5.54 Å². The molecular formula is C18H35NO4. The topological polar surface area (TPSA) is 77.4 Å². The molecule has 1 N–H and O–H groups in total. The molecule has 0 heterocycles. The second-order valence-electron chi connectivity index (χ2n) is 7.92. The first-order valence-corrected chi connectivity index (χ1v) is 8.67. The van der Waals surface area contributed by atoms with E-state index in [0.717, 1.165) is 19.3 Å². The Hall–Kier alpha value is -0.940. The van der Waals surface area contributed by atoms with E-state index in [-0.39, 0.29) is 10.9 Å². The van der Waals surface area contributed by atoms with Gasteiger partial charge in [0.15, 0.2) is 11.4 Å². The maximum absolute atomic E-state index is 12.6. The molecule has 0 aliphatic rings. The molecule has 1 unspecified atom stereocenters. The quantitative estimate of drug-likeness (QED) is 0.436. The van der Waals surface area contributed by atoms with Crippen LogP contribution in [0.1, 0.15) is 72.1 Å². The number of likely N-dealkylation sites (N-methyl/N-ethyl adjacent to an activating group) is 1. The first-order valence-electron chi connectivity index (χ1n) is 8.67. The van der Waals surface area contributed by atoms with Crippen LogP contribution in [0.3, 0.4) is 0 Å². The van der Waals surface area contributed by atoms with Crippen LogP contribution in [0, 0.1) is 0 Å². The molecule has 0 fully saturated rings. The van der Waals surface area contributed by atoms with Gasteiger partial charge in [-0.2, -0.15) is 0 Å². The average Bonchev–Trinajstić information content (AvgIpc) is 2.40. The number of quaternary nitrogens is 1. The Bertz CT molecular complexity index is 398. The fraction of sp³-hybridized carbons (Fsp3) is 0.889. The molecule has 1 atom stereocenters. The number of carbonyl (C=O) groups is 2. The number of hydrogen-bond donors (Lipinski definition) is 1. The van der Waals surface area contributed by atoms with Crippen LogP contribution in [0.4, 0.5) is 0 Å². The summed E-state index contributed by atoms with van der Waals surface area (Å²) in [5.41, 5.74) is -2.86. The predicted molar refractivity (Wildman–Crippen MR) is 89.7 cm³/mol. The first kappa shape index (κ1) is 22.1. The zero-order valence-corrected chi connectivity index (χ0v) is 15.8. The molecular weight excluding hydrogens is 294 g/mol. The minimum Gasteiger partial charge on any atom is -0.550 e. The first-order chi connectivity index (χ1) is 10.4. The zero-order chi connectivity index (χ0) is 18.3. The Kier molecular flexibility index (Phi) is 8.43. The number of hydrogen-bond acceptors (Lipinski definition) is 4. The van der Waals surface area contributed by atoms with E-state index in [1.54, 1.807) is 13.8 Å². The summed E-state index contributed by atoms with van der Waals surface area (Å²) < 4.78 is 0.277. The smallest absolute Gasteiger partial charge is 0.182 e. The van der Waals surface area contributed by atoms with Crippen molar-refractivity contribution < 1.29 is 24.3 Å². The molecule has 0 saturated carbocycles. The second kappa shape index (κ2) is 8.78. The van der Waals surface area contributed by atoms with Crippen LogP contribution in [0.15, 0.2) is 0 Å². The van der Waals surface area contributed by atoms with Crippen LogP contribution in [-0.2, 0) is 9.59 Å². The molecule has 0 rings (SSSR count). The molecule has 0 aromatic heterocycles. The van der Waals surface area contributed by atoms with Crippen LogP contribution in [0.5, 0.6) is 0 Å². The van der Waals surface area contributed by atoms with Crippen molar-refractivity contribution in [1.82, 2.24) is 0 Å². The van der Waals surface area contributed by atoms with Gasteiger partial charge >= 0.3 is 0 Å².